The quantitative estimate of drug-likeness (QED) is 0.884. The van der Waals surface area contributed by atoms with Gasteiger partial charge in [0.1, 0.15) is 0 Å². The number of benzene rings is 1. The number of carboxylic acids is 1. The van der Waals surface area contributed by atoms with Crippen molar-refractivity contribution in [2.45, 2.75) is 32.1 Å². The molecule has 0 spiro atoms. The van der Waals surface area contributed by atoms with Gasteiger partial charge in [0.15, 0.2) is 0 Å². The lowest BCUT2D eigenvalue weighted by Gasteiger charge is -2.24. The van der Waals surface area contributed by atoms with Crippen molar-refractivity contribution >= 4 is 29.2 Å². The zero-order valence-corrected chi connectivity index (χ0v) is 10.8. The van der Waals surface area contributed by atoms with Crippen molar-refractivity contribution in [1.82, 2.24) is 0 Å². The number of aliphatic carboxylic acids is 1. The van der Waals surface area contributed by atoms with Crippen molar-refractivity contribution in [3.63, 3.8) is 0 Å². The summed E-state index contributed by atoms with van der Waals surface area (Å²) < 4.78 is 0. The van der Waals surface area contributed by atoms with Gasteiger partial charge >= 0.3 is 5.97 Å². The van der Waals surface area contributed by atoms with Crippen LogP contribution in [0.5, 0.6) is 0 Å². The van der Waals surface area contributed by atoms with E-state index in [1.807, 2.05) is 19.9 Å². The Hall–Kier alpha value is -0.730. The summed E-state index contributed by atoms with van der Waals surface area (Å²) in [5, 5.41) is 9.69. The predicted octanol–water partition coefficient (Wildman–Crippen LogP) is 4.14. The maximum absolute atomic E-state index is 10.6. The second-order valence-corrected chi connectivity index (χ2v) is 5.22. The van der Waals surface area contributed by atoms with Crippen LogP contribution in [0.1, 0.15) is 32.3 Å². The van der Waals surface area contributed by atoms with Crippen molar-refractivity contribution in [2.24, 2.45) is 0 Å². The molecule has 88 valence electrons. The van der Waals surface area contributed by atoms with Crippen molar-refractivity contribution < 1.29 is 9.90 Å². The average molecular weight is 261 g/mol. The standard InChI is InChI=1S/C12H14Cl2O2/c1-12(2,6-5-11(15)16)8-3-4-9(13)10(14)7-8/h3-4,7H,5-6H2,1-2H3,(H,15,16). The molecule has 0 unspecified atom stereocenters. The minimum absolute atomic E-state index is 0.146. The van der Waals surface area contributed by atoms with E-state index in [4.69, 9.17) is 28.3 Å². The normalized spacial score (nSPS) is 11.5. The Kier molecular flexibility index (Phi) is 4.22. The molecule has 0 heterocycles. The van der Waals surface area contributed by atoms with E-state index < -0.39 is 5.97 Å². The van der Waals surface area contributed by atoms with Gasteiger partial charge < -0.3 is 5.11 Å². The number of hydrogen-bond donors (Lipinski definition) is 1. The highest BCUT2D eigenvalue weighted by atomic mass is 35.5. The van der Waals surface area contributed by atoms with E-state index in [-0.39, 0.29) is 11.8 Å². The van der Waals surface area contributed by atoms with E-state index in [0.29, 0.717) is 16.5 Å². The highest BCUT2D eigenvalue weighted by molar-refractivity contribution is 6.42. The van der Waals surface area contributed by atoms with E-state index in [0.717, 1.165) is 5.56 Å². The number of carbonyl (C=O) groups is 1. The summed E-state index contributed by atoms with van der Waals surface area (Å²) in [6.45, 7) is 3.99. The zero-order valence-electron chi connectivity index (χ0n) is 9.26. The Bertz CT molecular complexity index is 400. The van der Waals surface area contributed by atoms with Crippen molar-refractivity contribution in [3.8, 4) is 0 Å². The van der Waals surface area contributed by atoms with E-state index in [1.165, 1.54) is 0 Å². The molecule has 1 N–H and O–H groups in total. The van der Waals surface area contributed by atoms with Crippen molar-refractivity contribution in [1.29, 1.82) is 0 Å². The summed E-state index contributed by atoms with van der Waals surface area (Å²) in [4.78, 5) is 10.6. The molecule has 4 heteroatoms. The molecule has 1 aromatic carbocycles. The monoisotopic (exact) mass is 260 g/mol. The van der Waals surface area contributed by atoms with Gasteiger partial charge in [0.05, 0.1) is 10.0 Å². The SMILES string of the molecule is CC(C)(CCC(=O)O)c1ccc(Cl)c(Cl)c1. The van der Waals surface area contributed by atoms with Crippen LogP contribution in [0.4, 0.5) is 0 Å². The van der Waals surface area contributed by atoms with Gasteiger partial charge in [-0.3, -0.25) is 4.79 Å². The average Bonchev–Trinajstić information content (AvgIpc) is 2.19. The van der Waals surface area contributed by atoms with Gasteiger partial charge in [-0.2, -0.15) is 0 Å². The first-order valence-electron chi connectivity index (χ1n) is 5.00. The molecule has 16 heavy (non-hydrogen) atoms. The molecule has 0 aliphatic carbocycles. The van der Waals surface area contributed by atoms with Crippen LogP contribution >= 0.6 is 23.2 Å². The molecule has 0 saturated carbocycles. The molecule has 2 nitrogen and oxygen atoms in total. The van der Waals surface area contributed by atoms with Gasteiger partial charge in [-0.1, -0.05) is 43.1 Å². The summed E-state index contributed by atoms with van der Waals surface area (Å²) >= 11 is 11.8. The Balaban J connectivity index is 2.88. The van der Waals surface area contributed by atoms with Crippen LogP contribution in [0.15, 0.2) is 18.2 Å². The first-order valence-corrected chi connectivity index (χ1v) is 5.76. The lowest BCUT2D eigenvalue weighted by Crippen LogP contribution is -2.18. The topological polar surface area (TPSA) is 37.3 Å². The van der Waals surface area contributed by atoms with Gasteiger partial charge in [0, 0.05) is 6.42 Å². The van der Waals surface area contributed by atoms with E-state index in [1.54, 1.807) is 12.1 Å². The van der Waals surface area contributed by atoms with Crippen LogP contribution in [0.2, 0.25) is 10.0 Å². The molecule has 0 amide bonds. The van der Waals surface area contributed by atoms with E-state index >= 15 is 0 Å². The summed E-state index contributed by atoms with van der Waals surface area (Å²) in [5.41, 5.74) is 0.787. The third kappa shape index (κ3) is 3.39. The largest absolute Gasteiger partial charge is 0.481 e. The Morgan fingerprint density at radius 2 is 1.94 bits per heavy atom. The number of carboxylic acid groups (broad SMARTS) is 1. The number of rotatable bonds is 4. The van der Waals surface area contributed by atoms with E-state index in [2.05, 4.69) is 0 Å². The highest BCUT2D eigenvalue weighted by Gasteiger charge is 2.22. The van der Waals surface area contributed by atoms with Crippen LogP contribution in [-0.4, -0.2) is 11.1 Å². The number of halogens is 2. The van der Waals surface area contributed by atoms with Gasteiger partial charge in [0.25, 0.3) is 0 Å². The van der Waals surface area contributed by atoms with Crippen LogP contribution in [0.25, 0.3) is 0 Å². The lowest BCUT2D eigenvalue weighted by atomic mass is 9.80. The molecule has 0 bridgehead atoms. The van der Waals surface area contributed by atoms with Gasteiger partial charge in [0.2, 0.25) is 0 Å². The van der Waals surface area contributed by atoms with Crippen LogP contribution in [-0.2, 0) is 10.2 Å². The van der Waals surface area contributed by atoms with Gasteiger partial charge in [-0.25, -0.2) is 0 Å². The maximum Gasteiger partial charge on any atom is 0.303 e. The third-order valence-corrected chi connectivity index (χ3v) is 3.40. The van der Waals surface area contributed by atoms with Crippen LogP contribution in [0.3, 0.4) is 0 Å². The number of hydrogen-bond acceptors (Lipinski definition) is 1. The zero-order chi connectivity index (χ0) is 12.3. The summed E-state index contributed by atoms with van der Waals surface area (Å²) in [5.74, 6) is -0.784. The molecule has 0 aliphatic heterocycles. The molecule has 0 aromatic heterocycles. The van der Waals surface area contributed by atoms with Crippen LogP contribution in [0, 0.1) is 0 Å². The smallest absolute Gasteiger partial charge is 0.303 e. The van der Waals surface area contributed by atoms with Gasteiger partial charge in [-0.15, -0.1) is 0 Å². The minimum atomic E-state index is -0.784. The molecule has 0 aliphatic rings. The van der Waals surface area contributed by atoms with Gasteiger partial charge in [-0.05, 0) is 29.5 Å². The molecular weight excluding hydrogens is 247 g/mol. The van der Waals surface area contributed by atoms with Crippen molar-refractivity contribution in [3.05, 3.63) is 33.8 Å². The fourth-order valence-electron chi connectivity index (χ4n) is 1.48. The lowest BCUT2D eigenvalue weighted by molar-refractivity contribution is -0.137. The molecule has 1 aromatic rings. The van der Waals surface area contributed by atoms with E-state index in [9.17, 15) is 4.79 Å². The molecule has 1 rings (SSSR count). The summed E-state index contributed by atoms with van der Waals surface area (Å²) in [6.07, 6.45) is 0.716. The fourth-order valence-corrected chi connectivity index (χ4v) is 1.78. The predicted molar refractivity (Wildman–Crippen MR) is 66.4 cm³/mol. The van der Waals surface area contributed by atoms with Crippen LogP contribution < -0.4 is 0 Å². The minimum Gasteiger partial charge on any atom is -0.481 e. The second-order valence-electron chi connectivity index (χ2n) is 4.41. The molecule has 0 fully saturated rings. The first-order chi connectivity index (χ1) is 7.33. The first kappa shape index (κ1) is 13.3. The Morgan fingerprint density at radius 3 is 2.44 bits per heavy atom. The molecule has 0 radical (unpaired) electrons. The molecular formula is C12H14Cl2O2. The summed E-state index contributed by atoms with van der Waals surface area (Å²) in [6, 6.07) is 5.42. The Morgan fingerprint density at radius 1 is 1.31 bits per heavy atom. The third-order valence-electron chi connectivity index (χ3n) is 2.66. The molecule has 0 atom stereocenters. The molecule has 0 saturated heterocycles. The van der Waals surface area contributed by atoms with Crippen molar-refractivity contribution in [2.75, 3.05) is 0 Å². The maximum atomic E-state index is 10.6. The fraction of sp³-hybridized carbons (Fsp3) is 0.417. The Labute approximate surface area is 105 Å². The second kappa shape index (κ2) is 5.07. The highest BCUT2D eigenvalue weighted by Crippen LogP contribution is 2.32. The summed E-state index contributed by atoms with van der Waals surface area (Å²) in [7, 11) is 0.